The zero-order valence-corrected chi connectivity index (χ0v) is 28.2. The zero-order chi connectivity index (χ0) is 33.5. The van der Waals surface area contributed by atoms with Gasteiger partial charge in [0.05, 0.1) is 0 Å². The molecule has 240 valence electrons. The molecule has 1 heterocycles. The number of allylic oxidation sites excluding steroid dienone is 3. The van der Waals surface area contributed by atoms with Crippen molar-refractivity contribution in [3.63, 3.8) is 0 Å². The Balaban J connectivity index is 1.16. The first-order valence-corrected chi connectivity index (χ1v) is 18.2. The van der Waals surface area contributed by atoms with E-state index in [-0.39, 0.29) is 0 Å². The van der Waals surface area contributed by atoms with Crippen molar-refractivity contribution >= 4 is 60.1 Å². The van der Waals surface area contributed by atoms with E-state index in [2.05, 4.69) is 164 Å². The fourth-order valence-corrected chi connectivity index (χ4v) is 8.95. The molecule has 1 aromatic heterocycles. The highest BCUT2D eigenvalue weighted by Gasteiger charge is 2.26. The van der Waals surface area contributed by atoms with Gasteiger partial charge >= 0.3 is 0 Å². The molecule has 1 heteroatoms. The van der Waals surface area contributed by atoms with Gasteiger partial charge in [-0.25, -0.2) is 0 Å². The van der Waals surface area contributed by atoms with Gasteiger partial charge in [-0.2, -0.15) is 0 Å². The molecule has 0 aliphatic heterocycles. The second kappa shape index (κ2) is 11.2. The lowest BCUT2D eigenvalue weighted by atomic mass is 9.80. The molecule has 9 aromatic rings. The average Bonchev–Trinajstić information content (AvgIpc) is 3.55. The molecular weight excluding hydrogens is 617 g/mol. The second-order valence-electron chi connectivity index (χ2n) is 14.4. The van der Waals surface area contributed by atoms with E-state index in [9.17, 15) is 0 Å². The van der Waals surface area contributed by atoms with Crippen LogP contribution in [-0.2, 0) is 6.42 Å². The summed E-state index contributed by atoms with van der Waals surface area (Å²) in [4.78, 5) is 0. The molecule has 0 spiro atoms. The summed E-state index contributed by atoms with van der Waals surface area (Å²) < 4.78 is 6.58. The first-order chi connectivity index (χ1) is 25.2. The summed E-state index contributed by atoms with van der Waals surface area (Å²) in [5.74, 6) is 1.63. The third-order valence-electron chi connectivity index (χ3n) is 11.5. The number of rotatable bonds is 3. The van der Waals surface area contributed by atoms with Crippen LogP contribution in [0.15, 0.2) is 168 Å². The minimum absolute atomic E-state index is 0.601. The van der Waals surface area contributed by atoms with Gasteiger partial charge < -0.3 is 4.42 Å². The molecule has 11 rings (SSSR count). The molecule has 0 saturated carbocycles. The van der Waals surface area contributed by atoms with Gasteiger partial charge in [-0.1, -0.05) is 133 Å². The Kier molecular flexibility index (Phi) is 6.27. The summed E-state index contributed by atoms with van der Waals surface area (Å²) in [7, 11) is 0. The van der Waals surface area contributed by atoms with Gasteiger partial charge in [0.25, 0.3) is 0 Å². The van der Waals surface area contributed by atoms with Gasteiger partial charge in [0.2, 0.25) is 0 Å². The Morgan fingerprint density at radius 2 is 1.04 bits per heavy atom. The van der Waals surface area contributed by atoms with Crippen molar-refractivity contribution < 1.29 is 4.42 Å². The van der Waals surface area contributed by atoms with Crippen molar-refractivity contribution in [2.24, 2.45) is 5.92 Å². The van der Waals surface area contributed by atoms with Crippen LogP contribution >= 0.6 is 0 Å². The molecule has 0 bridgehead atoms. The third kappa shape index (κ3) is 4.55. The van der Waals surface area contributed by atoms with Gasteiger partial charge in [-0.05, 0) is 138 Å². The van der Waals surface area contributed by atoms with Gasteiger partial charge in [0, 0.05) is 10.9 Å². The van der Waals surface area contributed by atoms with E-state index < -0.39 is 0 Å². The van der Waals surface area contributed by atoms with Crippen LogP contribution < -0.4 is 0 Å². The Morgan fingerprint density at radius 3 is 1.75 bits per heavy atom. The molecule has 8 aromatic carbocycles. The molecule has 0 N–H and O–H groups in total. The molecule has 1 atom stereocenters. The van der Waals surface area contributed by atoms with Crippen LogP contribution in [0.2, 0.25) is 0 Å². The van der Waals surface area contributed by atoms with Crippen LogP contribution in [0.3, 0.4) is 0 Å². The maximum absolute atomic E-state index is 6.58. The minimum atomic E-state index is 0.601. The monoisotopic (exact) mass is 650 g/mol. The van der Waals surface area contributed by atoms with E-state index >= 15 is 0 Å². The summed E-state index contributed by atoms with van der Waals surface area (Å²) in [5.41, 5.74) is 11.1. The summed E-state index contributed by atoms with van der Waals surface area (Å²) in [6.45, 7) is 0. The van der Waals surface area contributed by atoms with Crippen LogP contribution in [-0.4, -0.2) is 0 Å². The SMILES string of the molecule is C1=CC2=Cc3oc4cc(-c5ccc6c(-c7ccc8ccccc8c7)c7ccccc7c(-c7ccc8ccccc8c7)c6c5)ccc4c3CC2CC1. The fourth-order valence-electron chi connectivity index (χ4n) is 8.95. The second-order valence-corrected chi connectivity index (χ2v) is 14.4. The van der Waals surface area contributed by atoms with Crippen LogP contribution in [0.25, 0.3) is 93.5 Å². The Hall–Kier alpha value is -6.18. The largest absolute Gasteiger partial charge is 0.456 e. The van der Waals surface area contributed by atoms with Gasteiger partial charge in [0.1, 0.15) is 11.3 Å². The first-order valence-electron chi connectivity index (χ1n) is 18.2. The smallest absolute Gasteiger partial charge is 0.135 e. The van der Waals surface area contributed by atoms with E-state index in [1.165, 1.54) is 99.4 Å². The lowest BCUT2D eigenvalue weighted by Crippen LogP contribution is -2.13. The molecule has 51 heavy (non-hydrogen) atoms. The number of benzene rings is 8. The number of fused-ring (bicyclic) bond motifs is 8. The van der Waals surface area contributed by atoms with Crippen molar-refractivity contribution in [3.8, 4) is 33.4 Å². The molecule has 2 aliphatic rings. The number of hydrogen-bond acceptors (Lipinski definition) is 1. The fraction of sp³-hybridized carbons (Fsp3) is 0.0800. The highest BCUT2D eigenvalue weighted by atomic mass is 16.3. The lowest BCUT2D eigenvalue weighted by molar-refractivity contribution is 0.533. The highest BCUT2D eigenvalue weighted by molar-refractivity contribution is 6.22. The minimum Gasteiger partial charge on any atom is -0.456 e. The van der Waals surface area contributed by atoms with Gasteiger partial charge in [-0.3, -0.25) is 0 Å². The Morgan fingerprint density at radius 1 is 0.471 bits per heavy atom. The van der Waals surface area contributed by atoms with E-state index in [1.54, 1.807) is 0 Å². The van der Waals surface area contributed by atoms with E-state index in [1.807, 2.05) is 0 Å². The van der Waals surface area contributed by atoms with Gasteiger partial charge in [-0.15, -0.1) is 0 Å². The normalized spacial score (nSPS) is 15.5. The van der Waals surface area contributed by atoms with Crippen LogP contribution in [0.1, 0.15) is 24.2 Å². The molecular formula is C50H34O. The molecule has 1 nitrogen and oxygen atoms in total. The summed E-state index contributed by atoms with van der Waals surface area (Å²) in [5, 5.41) is 11.3. The summed E-state index contributed by atoms with van der Waals surface area (Å²) in [6, 6.07) is 54.0. The first kappa shape index (κ1) is 28.6. The molecule has 0 saturated heterocycles. The predicted molar refractivity (Wildman–Crippen MR) is 216 cm³/mol. The third-order valence-corrected chi connectivity index (χ3v) is 11.5. The maximum Gasteiger partial charge on any atom is 0.135 e. The topological polar surface area (TPSA) is 13.1 Å². The molecule has 1 unspecified atom stereocenters. The van der Waals surface area contributed by atoms with E-state index in [4.69, 9.17) is 4.42 Å². The highest BCUT2D eigenvalue weighted by Crippen LogP contribution is 2.46. The zero-order valence-electron chi connectivity index (χ0n) is 28.2. The van der Waals surface area contributed by atoms with Crippen molar-refractivity contribution in [2.45, 2.75) is 19.3 Å². The van der Waals surface area contributed by atoms with Gasteiger partial charge in [0.15, 0.2) is 0 Å². The van der Waals surface area contributed by atoms with E-state index in [0.717, 1.165) is 24.2 Å². The quantitative estimate of drug-likeness (QED) is 0.173. The average molecular weight is 651 g/mol. The maximum atomic E-state index is 6.58. The van der Waals surface area contributed by atoms with E-state index in [0.29, 0.717) is 5.92 Å². The van der Waals surface area contributed by atoms with Crippen molar-refractivity contribution in [1.82, 2.24) is 0 Å². The Labute approximate surface area is 296 Å². The summed E-state index contributed by atoms with van der Waals surface area (Å²) in [6.07, 6.45) is 10.3. The molecule has 0 fully saturated rings. The molecule has 0 radical (unpaired) electrons. The van der Waals surface area contributed by atoms with Crippen LogP contribution in [0.5, 0.6) is 0 Å². The number of hydrogen-bond donors (Lipinski definition) is 0. The number of furan rings is 1. The van der Waals surface area contributed by atoms with Crippen LogP contribution in [0.4, 0.5) is 0 Å². The molecule has 2 aliphatic carbocycles. The van der Waals surface area contributed by atoms with Crippen LogP contribution in [0, 0.1) is 5.92 Å². The summed E-state index contributed by atoms with van der Waals surface area (Å²) >= 11 is 0. The molecule has 0 amide bonds. The predicted octanol–water partition coefficient (Wildman–Crippen LogP) is 14.0. The van der Waals surface area contributed by atoms with Crippen molar-refractivity contribution in [3.05, 3.63) is 175 Å². The van der Waals surface area contributed by atoms with Crippen molar-refractivity contribution in [1.29, 1.82) is 0 Å². The standard InChI is InChI=1S/C50H34O/c1-3-11-33-25-39(19-17-31(33)9-1)49-42-15-7-8-16-43(42)50(40-20-18-32-10-2-4-12-34(32)26-40)46-28-37(22-24-44(46)49)38-21-23-41-45-27-35-13-5-6-14-36(35)29-48(45)51-47(41)30-38/h1-4,6-12,14-26,28-30,35H,5,13,27H2. The lowest BCUT2D eigenvalue weighted by Gasteiger charge is -2.24. The van der Waals surface area contributed by atoms with Crippen molar-refractivity contribution in [2.75, 3.05) is 0 Å². The Bertz CT molecular complexity index is 2950.